The van der Waals surface area contributed by atoms with E-state index in [1.165, 1.54) is 36.2 Å². The molecule has 0 saturated carbocycles. The zero-order valence-electron chi connectivity index (χ0n) is 14.4. The number of ether oxygens (including phenoxy) is 2. The van der Waals surface area contributed by atoms with Crippen LogP contribution in [0.1, 0.15) is 19.4 Å². The lowest BCUT2D eigenvalue weighted by atomic mass is 10.1. The van der Waals surface area contributed by atoms with Gasteiger partial charge in [0.2, 0.25) is 0 Å². The highest BCUT2D eigenvalue weighted by Gasteiger charge is 2.25. The molecule has 0 aliphatic heterocycles. The molecule has 0 amide bonds. The summed E-state index contributed by atoms with van der Waals surface area (Å²) in [6.45, 7) is 4.21. The molecular weight excluding hydrogens is 326 g/mol. The van der Waals surface area contributed by atoms with Crippen molar-refractivity contribution in [3.8, 4) is 11.5 Å². The Morgan fingerprint density at radius 3 is 2.04 bits per heavy atom. The van der Waals surface area contributed by atoms with Crippen LogP contribution in [0.15, 0.2) is 47.4 Å². The Morgan fingerprint density at radius 1 is 0.917 bits per heavy atom. The van der Waals surface area contributed by atoms with Crippen molar-refractivity contribution in [1.82, 2.24) is 0 Å². The van der Waals surface area contributed by atoms with Crippen LogP contribution in [-0.2, 0) is 16.4 Å². The average Bonchev–Trinajstić information content (AvgIpc) is 2.62. The summed E-state index contributed by atoms with van der Waals surface area (Å²) in [6.07, 6.45) is 0.912. The van der Waals surface area contributed by atoms with Gasteiger partial charge in [0.05, 0.1) is 24.8 Å². The fraction of sp³-hybridized carbons (Fsp3) is 0.333. The van der Waals surface area contributed by atoms with Crippen molar-refractivity contribution in [3.05, 3.63) is 48.0 Å². The number of methoxy groups -OCH3 is 2. The van der Waals surface area contributed by atoms with E-state index in [-0.39, 0.29) is 4.90 Å². The molecule has 0 aromatic heterocycles. The Balaban J connectivity index is 2.46. The van der Waals surface area contributed by atoms with E-state index in [0.29, 0.717) is 23.7 Å². The molecule has 0 aliphatic carbocycles. The predicted molar refractivity (Wildman–Crippen MR) is 95.6 cm³/mol. The molecule has 0 bridgehead atoms. The quantitative estimate of drug-likeness (QED) is 0.768. The molecule has 0 fully saturated rings. The predicted octanol–water partition coefficient (Wildman–Crippen LogP) is 3.48. The number of sulfonamides is 1. The maximum atomic E-state index is 13.0. The van der Waals surface area contributed by atoms with Crippen molar-refractivity contribution < 1.29 is 17.9 Å². The van der Waals surface area contributed by atoms with Crippen LogP contribution in [0.25, 0.3) is 0 Å². The van der Waals surface area contributed by atoms with E-state index < -0.39 is 10.0 Å². The molecule has 0 radical (unpaired) electrons. The van der Waals surface area contributed by atoms with Crippen LogP contribution in [0.3, 0.4) is 0 Å². The summed E-state index contributed by atoms with van der Waals surface area (Å²) in [7, 11) is -0.689. The van der Waals surface area contributed by atoms with Crippen molar-refractivity contribution in [2.75, 3.05) is 25.1 Å². The number of aryl methyl sites for hydroxylation is 1. The highest BCUT2D eigenvalue weighted by molar-refractivity contribution is 7.92. The van der Waals surface area contributed by atoms with E-state index in [1.807, 2.05) is 31.2 Å². The first kappa shape index (κ1) is 18.1. The summed E-state index contributed by atoms with van der Waals surface area (Å²) < 4.78 is 37.8. The highest BCUT2D eigenvalue weighted by atomic mass is 32.2. The molecule has 0 unspecified atom stereocenters. The lowest BCUT2D eigenvalue weighted by Crippen LogP contribution is -2.30. The lowest BCUT2D eigenvalue weighted by Gasteiger charge is -2.23. The molecule has 0 N–H and O–H groups in total. The smallest absolute Gasteiger partial charge is 0.264 e. The van der Waals surface area contributed by atoms with Crippen molar-refractivity contribution >= 4 is 15.7 Å². The number of rotatable bonds is 7. The van der Waals surface area contributed by atoms with E-state index in [9.17, 15) is 8.42 Å². The third kappa shape index (κ3) is 3.48. The Bertz CT molecular complexity index is 785. The van der Waals surface area contributed by atoms with Gasteiger partial charge in [0.1, 0.15) is 0 Å². The minimum atomic E-state index is -3.68. The maximum Gasteiger partial charge on any atom is 0.264 e. The number of hydrogen-bond donors (Lipinski definition) is 0. The van der Waals surface area contributed by atoms with E-state index in [2.05, 4.69) is 6.92 Å². The van der Waals surface area contributed by atoms with Crippen LogP contribution in [0.5, 0.6) is 11.5 Å². The van der Waals surface area contributed by atoms with E-state index in [0.717, 1.165) is 6.42 Å². The van der Waals surface area contributed by atoms with Gasteiger partial charge >= 0.3 is 0 Å². The molecule has 0 spiro atoms. The van der Waals surface area contributed by atoms with Gasteiger partial charge in [-0.3, -0.25) is 4.31 Å². The van der Waals surface area contributed by atoms with Crippen molar-refractivity contribution in [3.63, 3.8) is 0 Å². The minimum absolute atomic E-state index is 0.168. The van der Waals surface area contributed by atoms with Crippen molar-refractivity contribution in [1.29, 1.82) is 0 Å². The van der Waals surface area contributed by atoms with E-state index in [1.54, 1.807) is 6.07 Å². The Hall–Kier alpha value is -2.21. The second-order valence-electron chi connectivity index (χ2n) is 5.21. The van der Waals surface area contributed by atoms with Crippen LogP contribution in [0.2, 0.25) is 0 Å². The minimum Gasteiger partial charge on any atom is -0.493 e. The van der Waals surface area contributed by atoms with E-state index >= 15 is 0 Å². The summed E-state index contributed by atoms with van der Waals surface area (Å²) in [5, 5.41) is 0. The van der Waals surface area contributed by atoms with E-state index in [4.69, 9.17) is 9.47 Å². The zero-order valence-corrected chi connectivity index (χ0v) is 15.3. The van der Waals surface area contributed by atoms with Gasteiger partial charge in [-0.05, 0) is 43.2 Å². The Kier molecular flexibility index (Phi) is 5.72. The zero-order chi connectivity index (χ0) is 17.7. The fourth-order valence-corrected chi connectivity index (χ4v) is 3.98. The summed E-state index contributed by atoms with van der Waals surface area (Å²) in [6, 6.07) is 12.2. The van der Waals surface area contributed by atoms with Gasteiger partial charge in [-0.2, -0.15) is 0 Å². The van der Waals surface area contributed by atoms with Crippen molar-refractivity contribution in [2.45, 2.75) is 25.2 Å². The molecule has 0 aliphatic rings. The molecule has 6 heteroatoms. The normalized spacial score (nSPS) is 11.2. The molecule has 0 atom stereocenters. The van der Waals surface area contributed by atoms with Gasteiger partial charge in [0.25, 0.3) is 10.0 Å². The van der Waals surface area contributed by atoms with Crippen LogP contribution >= 0.6 is 0 Å². The first-order chi connectivity index (χ1) is 11.5. The molecule has 2 aromatic rings. The largest absolute Gasteiger partial charge is 0.493 e. The fourth-order valence-electron chi connectivity index (χ4n) is 2.49. The molecule has 2 rings (SSSR count). The van der Waals surface area contributed by atoms with Gasteiger partial charge in [0.15, 0.2) is 11.5 Å². The molecule has 5 nitrogen and oxygen atoms in total. The summed E-state index contributed by atoms with van der Waals surface area (Å²) in [5.74, 6) is 0.878. The highest BCUT2D eigenvalue weighted by Crippen LogP contribution is 2.32. The van der Waals surface area contributed by atoms with Gasteiger partial charge in [-0.1, -0.05) is 19.1 Å². The summed E-state index contributed by atoms with van der Waals surface area (Å²) >= 11 is 0. The first-order valence-electron chi connectivity index (χ1n) is 7.81. The van der Waals surface area contributed by atoms with Crippen LogP contribution in [-0.4, -0.2) is 29.2 Å². The number of anilines is 1. The Labute approximate surface area is 143 Å². The second kappa shape index (κ2) is 7.57. The summed E-state index contributed by atoms with van der Waals surface area (Å²) in [5.41, 5.74) is 1.81. The number of nitrogens with zero attached hydrogens (tertiary/aromatic N) is 1. The lowest BCUT2D eigenvalue weighted by molar-refractivity contribution is 0.354. The standard InChI is InChI=1S/C18H23NO4S/c1-5-14-7-9-15(10-8-14)19(6-2)24(20,21)16-11-12-17(22-3)18(13-16)23-4/h7-13H,5-6H2,1-4H3. The van der Waals surface area contributed by atoms with Crippen molar-refractivity contribution in [2.24, 2.45) is 0 Å². The van der Waals surface area contributed by atoms with Gasteiger partial charge in [0, 0.05) is 12.6 Å². The van der Waals surface area contributed by atoms with Crippen LogP contribution in [0, 0.1) is 0 Å². The molecule has 0 heterocycles. The summed E-state index contributed by atoms with van der Waals surface area (Å²) in [4.78, 5) is 0.168. The average molecular weight is 349 g/mol. The maximum absolute atomic E-state index is 13.0. The number of benzene rings is 2. The van der Waals surface area contributed by atoms with Gasteiger partial charge in [-0.25, -0.2) is 8.42 Å². The first-order valence-corrected chi connectivity index (χ1v) is 9.25. The Morgan fingerprint density at radius 2 is 1.54 bits per heavy atom. The van der Waals surface area contributed by atoms with Gasteiger partial charge in [-0.15, -0.1) is 0 Å². The van der Waals surface area contributed by atoms with Crippen LogP contribution in [0.4, 0.5) is 5.69 Å². The topological polar surface area (TPSA) is 55.8 Å². The third-order valence-corrected chi connectivity index (χ3v) is 5.76. The molecule has 2 aromatic carbocycles. The molecule has 0 saturated heterocycles. The van der Waals surface area contributed by atoms with Gasteiger partial charge < -0.3 is 9.47 Å². The monoisotopic (exact) mass is 349 g/mol. The molecule has 24 heavy (non-hydrogen) atoms. The SMILES string of the molecule is CCc1ccc(N(CC)S(=O)(=O)c2ccc(OC)c(OC)c2)cc1. The molecular formula is C18H23NO4S. The third-order valence-electron chi connectivity index (χ3n) is 3.86. The second-order valence-corrected chi connectivity index (χ2v) is 7.07. The molecule has 130 valence electrons. The number of hydrogen-bond acceptors (Lipinski definition) is 4. The van der Waals surface area contributed by atoms with Crippen LogP contribution < -0.4 is 13.8 Å².